The fourth-order valence-electron chi connectivity index (χ4n) is 2.65. The Kier molecular flexibility index (Phi) is 3.77. The van der Waals surface area contributed by atoms with Gasteiger partial charge in [0.05, 0.1) is 12.0 Å². The summed E-state index contributed by atoms with van der Waals surface area (Å²) in [6, 6.07) is 14.0. The van der Waals surface area contributed by atoms with Gasteiger partial charge in [-0.1, -0.05) is 30.0 Å². The molecule has 4 rings (SSSR count). The van der Waals surface area contributed by atoms with Gasteiger partial charge in [-0.15, -0.1) is 10.2 Å². The number of nitrogens with zero attached hydrogens (tertiary/aromatic N) is 4. The number of benzene rings is 2. The van der Waals surface area contributed by atoms with Gasteiger partial charge in [-0.2, -0.15) is 0 Å². The van der Waals surface area contributed by atoms with Gasteiger partial charge in [-0.25, -0.2) is 4.68 Å². The summed E-state index contributed by atoms with van der Waals surface area (Å²) in [5, 5.41) is 19.8. The number of ether oxygens (including phenoxy) is 1. The van der Waals surface area contributed by atoms with Gasteiger partial charge in [0.1, 0.15) is 11.1 Å². The summed E-state index contributed by atoms with van der Waals surface area (Å²) < 4.78 is 7.22. The van der Waals surface area contributed by atoms with Crippen LogP contribution in [0.3, 0.4) is 0 Å². The molecule has 1 atom stereocenters. The molecule has 0 fully saturated rings. The zero-order valence-electron chi connectivity index (χ0n) is 13.1. The number of thioether (sulfide) groups is 1. The fourth-order valence-corrected chi connectivity index (χ4v) is 3.67. The predicted octanol–water partition coefficient (Wildman–Crippen LogP) is 3.21. The van der Waals surface area contributed by atoms with E-state index in [1.54, 1.807) is 23.9 Å². The third-order valence-corrected chi connectivity index (χ3v) is 4.93. The second-order valence-electron chi connectivity index (χ2n) is 5.31. The van der Waals surface area contributed by atoms with Gasteiger partial charge in [-0.05, 0) is 18.2 Å². The van der Waals surface area contributed by atoms with E-state index >= 15 is 0 Å². The number of hydrogen-bond acceptors (Lipinski definition) is 7. The first-order valence-corrected chi connectivity index (χ1v) is 8.31. The minimum Gasteiger partial charge on any atom is -0.496 e. The first-order chi connectivity index (χ1) is 12.2. The monoisotopic (exact) mass is 355 g/mol. The second-order valence-corrected chi connectivity index (χ2v) is 6.39. The Morgan fingerprint density at radius 2 is 1.96 bits per heavy atom. The fraction of sp³-hybridized carbons (Fsp3) is 0.125. The Morgan fingerprint density at radius 1 is 1.20 bits per heavy atom. The van der Waals surface area contributed by atoms with E-state index in [-0.39, 0.29) is 11.1 Å². The van der Waals surface area contributed by atoms with Crippen molar-refractivity contribution in [3.63, 3.8) is 0 Å². The Bertz CT molecular complexity index is 941. The van der Waals surface area contributed by atoms with Gasteiger partial charge in [0.25, 0.3) is 5.69 Å². The number of non-ortho nitro benzene ring substituents is 1. The summed E-state index contributed by atoms with van der Waals surface area (Å²) in [6.07, 6.45) is 0. The van der Waals surface area contributed by atoms with E-state index in [9.17, 15) is 10.1 Å². The summed E-state index contributed by atoms with van der Waals surface area (Å²) in [5.74, 6) is 1.40. The van der Waals surface area contributed by atoms with Gasteiger partial charge in [0.15, 0.2) is 5.82 Å². The van der Waals surface area contributed by atoms with Crippen LogP contribution in [0.25, 0.3) is 11.4 Å². The molecule has 3 aromatic rings. The van der Waals surface area contributed by atoms with Crippen molar-refractivity contribution in [1.82, 2.24) is 14.9 Å². The highest BCUT2D eigenvalue weighted by Gasteiger charge is 2.29. The summed E-state index contributed by atoms with van der Waals surface area (Å²) in [4.78, 5) is 10.4. The van der Waals surface area contributed by atoms with Crippen LogP contribution in [0.2, 0.25) is 0 Å². The molecule has 0 radical (unpaired) electrons. The quantitative estimate of drug-likeness (QED) is 0.567. The molecule has 0 unspecified atom stereocenters. The van der Waals surface area contributed by atoms with E-state index in [0.717, 1.165) is 22.0 Å². The lowest BCUT2D eigenvalue weighted by molar-refractivity contribution is -0.384. The van der Waals surface area contributed by atoms with Crippen LogP contribution in [-0.2, 0) is 0 Å². The number of nitro benzene ring substituents is 1. The van der Waals surface area contributed by atoms with Gasteiger partial charge < -0.3 is 10.2 Å². The van der Waals surface area contributed by atoms with E-state index in [4.69, 9.17) is 4.74 Å². The van der Waals surface area contributed by atoms with Crippen molar-refractivity contribution < 1.29 is 9.66 Å². The number of aromatic nitrogens is 3. The topological polar surface area (TPSA) is 95.1 Å². The lowest BCUT2D eigenvalue weighted by atomic mass is 10.2. The zero-order valence-corrected chi connectivity index (χ0v) is 13.9. The van der Waals surface area contributed by atoms with E-state index in [1.165, 1.54) is 23.9 Å². The highest BCUT2D eigenvalue weighted by atomic mass is 32.2. The summed E-state index contributed by atoms with van der Waals surface area (Å²) in [6.45, 7) is 0. The van der Waals surface area contributed by atoms with E-state index < -0.39 is 4.92 Å². The predicted molar refractivity (Wildman–Crippen MR) is 93.1 cm³/mol. The standard InChI is InChI=1S/C16H13N5O3S/c1-24-13-5-3-2-4-12(13)15-19-20-14(17-18-16(20)25-15)10-6-8-11(9-7-10)21(22)23/h2-9,15,19H,1H3/t15-/m1/s1. The highest BCUT2D eigenvalue weighted by Crippen LogP contribution is 2.43. The first-order valence-electron chi connectivity index (χ1n) is 7.44. The molecule has 0 aliphatic carbocycles. The third-order valence-electron chi connectivity index (χ3n) is 3.86. The number of para-hydroxylation sites is 1. The average Bonchev–Trinajstić information content (AvgIpc) is 3.22. The Labute approximate surface area is 147 Å². The van der Waals surface area contributed by atoms with Gasteiger partial charge >= 0.3 is 0 Å². The smallest absolute Gasteiger partial charge is 0.269 e. The van der Waals surface area contributed by atoms with Crippen molar-refractivity contribution in [2.45, 2.75) is 10.5 Å². The van der Waals surface area contributed by atoms with Crippen molar-refractivity contribution in [1.29, 1.82) is 0 Å². The molecular weight excluding hydrogens is 342 g/mol. The van der Waals surface area contributed by atoms with Crippen LogP contribution in [0.4, 0.5) is 5.69 Å². The van der Waals surface area contributed by atoms with Crippen molar-refractivity contribution >= 4 is 17.4 Å². The van der Waals surface area contributed by atoms with Crippen molar-refractivity contribution in [2.75, 3.05) is 12.5 Å². The number of hydrogen-bond donors (Lipinski definition) is 1. The molecule has 1 N–H and O–H groups in total. The molecule has 0 saturated heterocycles. The summed E-state index contributed by atoms with van der Waals surface area (Å²) in [7, 11) is 1.64. The van der Waals surface area contributed by atoms with Crippen molar-refractivity contribution in [3.05, 3.63) is 64.2 Å². The van der Waals surface area contributed by atoms with Crippen LogP contribution in [0.1, 0.15) is 10.9 Å². The Balaban J connectivity index is 1.64. The van der Waals surface area contributed by atoms with Crippen LogP contribution in [0, 0.1) is 10.1 Å². The van der Waals surface area contributed by atoms with Crippen LogP contribution >= 0.6 is 11.8 Å². The second kappa shape index (κ2) is 6.10. The van der Waals surface area contributed by atoms with E-state index in [0.29, 0.717) is 5.82 Å². The molecule has 25 heavy (non-hydrogen) atoms. The molecule has 1 aliphatic heterocycles. The molecule has 0 amide bonds. The maximum Gasteiger partial charge on any atom is 0.269 e. The maximum atomic E-state index is 10.8. The molecule has 1 aromatic heterocycles. The summed E-state index contributed by atoms with van der Waals surface area (Å²) in [5.41, 5.74) is 5.15. The first kappa shape index (κ1) is 15.5. The number of fused-ring (bicyclic) bond motifs is 1. The molecule has 0 spiro atoms. The van der Waals surface area contributed by atoms with Crippen molar-refractivity contribution in [2.24, 2.45) is 0 Å². The number of methoxy groups -OCH3 is 1. The minimum atomic E-state index is -0.427. The lowest BCUT2D eigenvalue weighted by Gasteiger charge is -2.15. The maximum absolute atomic E-state index is 10.8. The van der Waals surface area contributed by atoms with E-state index in [2.05, 4.69) is 15.6 Å². The Hall–Kier alpha value is -3.07. The van der Waals surface area contributed by atoms with Crippen LogP contribution in [0.5, 0.6) is 5.75 Å². The summed E-state index contributed by atoms with van der Waals surface area (Å²) >= 11 is 1.53. The van der Waals surface area contributed by atoms with Gasteiger partial charge in [0, 0.05) is 23.3 Å². The lowest BCUT2D eigenvalue weighted by Crippen LogP contribution is -2.14. The number of nitrogens with one attached hydrogen (secondary N) is 1. The molecule has 9 heteroatoms. The Morgan fingerprint density at radius 3 is 2.68 bits per heavy atom. The van der Waals surface area contributed by atoms with Gasteiger partial charge in [-0.3, -0.25) is 10.1 Å². The molecule has 2 heterocycles. The molecule has 0 saturated carbocycles. The van der Waals surface area contributed by atoms with Crippen LogP contribution < -0.4 is 10.2 Å². The average molecular weight is 355 g/mol. The number of rotatable bonds is 4. The van der Waals surface area contributed by atoms with E-state index in [1.807, 2.05) is 24.3 Å². The van der Waals surface area contributed by atoms with Gasteiger partial charge in [0.2, 0.25) is 5.16 Å². The molecule has 0 bridgehead atoms. The SMILES string of the molecule is COc1ccccc1[C@@H]1Nn2c(nnc2-c2ccc([N+](=O)[O-])cc2)S1. The van der Waals surface area contributed by atoms with Crippen molar-refractivity contribution in [3.8, 4) is 17.1 Å². The largest absolute Gasteiger partial charge is 0.496 e. The molecule has 8 nitrogen and oxygen atoms in total. The molecule has 2 aromatic carbocycles. The number of nitro groups is 1. The molecular formula is C16H13N5O3S. The normalized spacial score (nSPS) is 15.5. The molecule has 1 aliphatic rings. The minimum absolute atomic E-state index is 0.0409. The molecule has 126 valence electrons. The zero-order chi connectivity index (χ0) is 17.4. The highest BCUT2D eigenvalue weighted by molar-refractivity contribution is 7.99. The van der Waals surface area contributed by atoms with Crippen LogP contribution in [0.15, 0.2) is 53.7 Å². The van der Waals surface area contributed by atoms with Crippen LogP contribution in [-0.4, -0.2) is 26.9 Å². The third kappa shape index (κ3) is 2.68.